The standard InChI is InChI=1S/C13H11O4.C5H5.Fe/c1-17-11-6-9(8-4-2-3-5-8)10(7-14)12(15)13(11)16;1-2-4-5-3-1;/h2-7,15-16H,1H3;1-5H;/q2*-1;+2. The summed E-state index contributed by atoms with van der Waals surface area (Å²) in [6.45, 7) is 0. The molecule has 0 atom stereocenters. The van der Waals surface area contributed by atoms with Crippen molar-refractivity contribution < 1.29 is 36.8 Å². The first-order valence-electron chi connectivity index (χ1n) is 6.66. The second-order valence-electron chi connectivity index (χ2n) is 4.49. The molecule has 3 aromatic rings. The van der Waals surface area contributed by atoms with Gasteiger partial charge in [-0.15, -0.1) is 12.1 Å². The van der Waals surface area contributed by atoms with Crippen LogP contribution >= 0.6 is 0 Å². The number of aromatic hydroxyl groups is 2. The van der Waals surface area contributed by atoms with Gasteiger partial charge in [0.25, 0.3) is 0 Å². The van der Waals surface area contributed by atoms with Gasteiger partial charge in [-0.3, -0.25) is 0 Å². The van der Waals surface area contributed by atoms with Crippen LogP contribution in [0, 0.1) is 0 Å². The summed E-state index contributed by atoms with van der Waals surface area (Å²) in [5.41, 5.74) is 1.35. The zero-order valence-corrected chi connectivity index (χ0v) is 13.5. The molecule has 0 aliphatic carbocycles. The first-order chi connectivity index (χ1) is 10.7. The second kappa shape index (κ2) is 8.83. The van der Waals surface area contributed by atoms with Crippen molar-refractivity contribution in [2.75, 3.05) is 7.11 Å². The maximum Gasteiger partial charge on any atom is 2.00 e. The van der Waals surface area contributed by atoms with Crippen LogP contribution in [0.25, 0.3) is 11.1 Å². The van der Waals surface area contributed by atoms with Gasteiger partial charge in [-0.05, 0) is 0 Å². The van der Waals surface area contributed by atoms with Gasteiger partial charge >= 0.3 is 17.1 Å². The number of carbonyl (C=O) groups excluding carboxylic acids is 1. The molecular weight excluding hydrogens is 336 g/mol. The van der Waals surface area contributed by atoms with Crippen LogP contribution in [0.1, 0.15) is 10.4 Å². The number of aldehydes is 1. The summed E-state index contributed by atoms with van der Waals surface area (Å²) in [5.74, 6) is -0.759. The Morgan fingerprint density at radius 3 is 2.13 bits per heavy atom. The number of hydrogen-bond donors (Lipinski definition) is 2. The van der Waals surface area contributed by atoms with Gasteiger partial charge in [0.15, 0.2) is 5.75 Å². The largest absolute Gasteiger partial charge is 2.00 e. The maximum absolute atomic E-state index is 11.0. The zero-order chi connectivity index (χ0) is 15.9. The first-order valence-corrected chi connectivity index (χ1v) is 6.66. The summed E-state index contributed by atoms with van der Waals surface area (Å²) < 4.78 is 4.94. The van der Waals surface area contributed by atoms with Gasteiger partial charge in [-0.2, -0.15) is 30.3 Å². The van der Waals surface area contributed by atoms with Crippen molar-refractivity contribution in [1.82, 2.24) is 0 Å². The molecule has 0 amide bonds. The van der Waals surface area contributed by atoms with Crippen LogP contribution in [0.2, 0.25) is 0 Å². The third kappa shape index (κ3) is 4.25. The smallest absolute Gasteiger partial charge is 0.511 e. The minimum Gasteiger partial charge on any atom is -0.511 e. The molecule has 5 heteroatoms. The van der Waals surface area contributed by atoms with Gasteiger partial charge in [-0.25, -0.2) is 12.1 Å². The van der Waals surface area contributed by atoms with Crippen molar-refractivity contribution in [2.24, 2.45) is 0 Å². The van der Waals surface area contributed by atoms with E-state index < -0.39 is 11.5 Å². The monoisotopic (exact) mass is 352 g/mol. The van der Waals surface area contributed by atoms with Gasteiger partial charge < -0.3 is 19.7 Å². The SMILES string of the molecule is COc1cc(-[c-]2cccc2)c(C=O)c(O)c1O.[Fe+2].c1cc[cH-]c1. The maximum atomic E-state index is 11.0. The van der Waals surface area contributed by atoms with E-state index in [-0.39, 0.29) is 28.4 Å². The molecule has 0 fully saturated rings. The summed E-state index contributed by atoms with van der Waals surface area (Å²) in [7, 11) is 1.38. The van der Waals surface area contributed by atoms with Crippen molar-refractivity contribution in [3.05, 3.63) is 66.2 Å². The average molecular weight is 352 g/mol. The van der Waals surface area contributed by atoms with E-state index in [1.807, 2.05) is 42.5 Å². The molecule has 2 N–H and O–H groups in total. The van der Waals surface area contributed by atoms with Crippen LogP contribution in [0.15, 0.2) is 60.7 Å². The summed E-state index contributed by atoms with van der Waals surface area (Å²) in [6, 6.07) is 18.8. The van der Waals surface area contributed by atoms with E-state index in [2.05, 4.69) is 0 Å². The molecule has 3 aromatic carbocycles. The van der Waals surface area contributed by atoms with Crippen LogP contribution in [-0.2, 0) is 17.1 Å². The third-order valence-electron chi connectivity index (χ3n) is 3.15. The van der Waals surface area contributed by atoms with Crippen LogP contribution in [0.3, 0.4) is 0 Å². The number of phenols is 2. The van der Waals surface area contributed by atoms with Crippen molar-refractivity contribution in [3.8, 4) is 28.4 Å². The number of hydrogen-bond acceptors (Lipinski definition) is 4. The number of phenolic OH excluding ortho intramolecular Hbond substituents is 2. The van der Waals surface area contributed by atoms with Crippen molar-refractivity contribution >= 4 is 6.29 Å². The van der Waals surface area contributed by atoms with E-state index in [9.17, 15) is 15.0 Å². The average Bonchev–Trinajstić information content (AvgIpc) is 3.25. The molecule has 23 heavy (non-hydrogen) atoms. The zero-order valence-electron chi connectivity index (χ0n) is 12.4. The third-order valence-corrected chi connectivity index (χ3v) is 3.15. The van der Waals surface area contributed by atoms with E-state index in [1.54, 1.807) is 12.1 Å². The van der Waals surface area contributed by atoms with E-state index in [0.717, 1.165) is 5.56 Å². The van der Waals surface area contributed by atoms with Crippen LogP contribution in [0.5, 0.6) is 17.2 Å². The van der Waals surface area contributed by atoms with E-state index in [4.69, 9.17) is 4.74 Å². The van der Waals surface area contributed by atoms with Gasteiger partial charge in [0.1, 0.15) is 17.8 Å². The number of methoxy groups -OCH3 is 1. The molecular formula is C18H16FeO4. The minimum absolute atomic E-state index is 0. The van der Waals surface area contributed by atoms with Crippen LogP contribution < -0.4 is 4.74 Å². The molecule has 0 saturated carbocycles. The fraction of sp³-hybridized carbons (Fsp3) is 0.0556. The van der Waals surface area contributed by atoms with Crippen LogP contribution in [-0.4, -0.2) is 23.6 Å². The molecule has 120 valence electrons. The molecule has 0 unspecified atom stereocenters. The Hall–Kier alpha value is -2.49. The molecule has 0 bridgehead atoms. The summed E-state index contributed by atoms with van der Waals surface area (Å²) in [6.07, 6.45) is 0.511. The van der Waals surface area contributed by atoms with E-state index in [1.165, 1.54) is 13.2 Å². The Kier molecular flexibility index (Phi) is 7.13. The number of rotatable bonds is 3. The van der Waals surface area contributed by atoms with E-state index in [0.29, 0.717) is 11.8 Å². The molecule has 0 radical (unpaired) electrons. The second-order valence-corrected chi connectivity index (χ2v) is 4.49. The van der Waals surface area contributed by atoms with Gasteiger partial charge in [0.05, 0.1) is 7.11 Å². The minimum atomic E-state index is -0.462. The Balaban J connectivity index is 0.000000377. The molecule has 3 rings (SSSR count). The van der Waals surface area contributed by atoms with E-state index >= 15 is 0 Å². The van der Waals surface area contributed by atoms with Crippen molar-refractivity contribution in [1.29, 1.82) is 0 Å². The topological polar surface area (TPSA) is 66.8 Å². The fourth-order valence-corrected chi connectivity index (χ4v) is 2.04. The summed E-state index contributed by atoms with van der Waals surface area (Å²) in [4.78, 5) is 11.0. The summed E-state index contributed by atoms with van der Waals surface area (Å²) >= 11 is 0. The Morgan fingerprint density at radius 1 is 1.09 bits per heavy atom. The molecule has 0 heterocycles. The number of benzene rings is 1. The Morgan fingerprint density at radius 2 is 1.70 bits per heavy atom. The molecule has 0 aliphatic rings. The molecule has 0 aliphatic heterocycles. The number of ether oxygens (including phenoxy) is 1. The normalized spacial score (nSPS) is 9.26. The first kappa shape index (κ1) is 18.6. The van der Waals surface area contributed by atoms with Gasteiger partial charge in [0, 0.05) is 5.56 Å². The molecule has 0 aromatic heterocycles. The fourth-order valence-electron chi connectivity index (χ4n) is 2.04. The summed E-state index contributed by atoms with van der Waals surface area (Å²) in [5, 5.41) is 19.3. The quantitative estimate of drug-likeness (QED) is 0.326. The number of carbonyl (C=O) groups is 1. The molecule has 4 nitrogen and oxygen atoms in total. The molecule has 0 spiro atoms. The van der Waals surface area contributed by atoms with Crippen molar-refractivity contribution in [3.63, 3.8) is 0 Å². The molecule has 0 saturated heterocycles. The predicted octanol–water partition coefficient (Wildman–Crippen LogP) is 3.71. The Labute approximate surface area is 145 Å². The van der Waals surface area contributed by atoms with Gasteiger partial charge in [-0.1, -0.05) is 17.2 Å². The predicted molar refractivity (Wildman–Crippen MR) is 84.8 cm³/mol. The van der Waals surface area contributed by atoms with Crippen LogP contribution in [0.4, 0.5) is 0 Å². The van der Waals surface area contributed by atoms with Crippen molar-refractivity contribution in [2.45, 2.75) is 0 Å². The van der Waals surface area contributed by atoms with Gasteiger partial charge in [0.2, 0.25) is 0 Å². The Bertz CT molecular complexity index is 699.